The Labute approximate surface area is 69.2 Å². The van der Waals surface area contributed by atoms with Crippen LogP contribution in [0.1, 0.15) is 5.56 Å². The molecule has 2 rings (SSSR count). The van der Waals surface area contributed by atoms with Gasteiger partial charge in [-0.3, -0.25) is 4.98 Å². The molecule has 0 aliphatic carbocycles. The average Bonchev–Trinajstić information content (AvgIpc) is 2.35. The van der Waals surface area contributed by atoms with E-state index in [0.717, 1.165) is 21.6 Å². The summed E-state index contributed by atoms with van der Waals surface area (Å²) in [5.41, 5.74) is 3.01. The number of H-pyrrole nitrogens is 1. The first-order valence-electron chi connectivity index (χ1n) is 3.37. The highest BCUT2D eigenvalue weighted by atomic mass is 35.5. The Bertz CT molecular complexity index is 392. The summed E-state index contributed by atoms with van der Waals surface area (Å²) >= 11 is 5.90. The largest absolute Gasteiger partial charge is 0.358 e. The SMILES string of the molecule is Cc1c[nH]c2c(Cl)ccnc12. The van der Waals surface area contributed by atoms with Crippen molar-refractivity contribution in [2.45, 2.75) is 6.92 Å². The quantitative estimate of drug-likeness (QED) is 0.640. The molecule has 0 aliphatic heterocycles. The minimum atomic E-state index is 0.725. The molecule has 0 aromatic carbocycles. The molecule has 0 fully saturated rings. The molecule has 0 unspecified atom stereocenters. The van der Waals surface area contributed by atoms with E-state index in [9.17, 15) is 0 Å². The van der Waals surface area contributed by atoms with Gasteiger partial charge in [0.1, 0.15) is 0 Å². The van der Waals surface area contributed by atoms with Crippen molar-refractivity contribution in [3.8, 4) is 0 Å². The standard InChI is InChI=1S/C8H7ClN2/c1-5-4-11-8-6(9)2-3-10-7(5)8/h2-4,11H,1H3. The lowest BCUT2D eigenvalue weighted by Gasteiger charge is -1.91. The first-order valence-corrected chi connectivity index (χ1v) is 3.75. The highest BCUT2D eigenvalue weighted by Crippen LogP contribution is 2.21. The number of pyridine rings is 1. The van der Waals surface area contributed by atoms with Crippen molar-refractivity contribution < 1.29 is 0 Å². The van der Waals surface area contributed by atoms with Gasteiger partial charge >= 0.3 is 0 Å². The van der Waals surface area contributed by atoms with Gasteiger partial charge in [0.25, 0.3) is 0 Å². The van der Waals surface area contributed by atoms with Crippen LogP contribution in [0.15, 0.2) is 18.5 Å². The number of hydrogen-bond donors (Lipinski definition) is 1. The lowest BCUT2D eigenvalue weighted by Crippen LogP contribution is -1.75. The lowest BCUT2D eigenvalue weighted by atomic mass is 10.3. The molecule has 2 nitrogen and oxygen atoms in total. The van der Waals surface area contributed by atoms with Gasteiger partial charge in [-0.2, -0.15) is 0 Å². The molecule has 2 aromatic rings. The van der Waals surface area contributed by atoms with Gasteiger partial charge in [-0.25, -0.2) is 0 Å². The molecule has 2 aromatic heterocycles. The zero-order chi connectivity index (χ0) is 7.84. The third-order valence-electron chi connectivity index (χ3n) is 1.71. The van der Waals surface area contributed by atoms with Crippen molar-refractivity contribution in [2.24, 2.45) is 0 Å². The molecule has 3 heteroatoms. The van der Waals surface area contributed by atoms with E-state index in [-0.39, 0.29) is 0 Å². The molecule has 0 radical (unpaired) electrons. The molecule has 1 N–H and O–H groups in total. The second-order valence-corrected chi connectivity index (χ2v) is 2.90. The highest BCUT2D eigenvalue weighted by molar-refractivity contribution is 6.34. The van der Waals surface area contributed by atoms with E-state index in [0.29, 0.717) is 0 Å². The fourth-order valence-electron chi connectivity index (χ4n) is 1.12. The van der Waals surface area contributed by atoms with Gasteiger partial charge in [-0.05, 0) is 18.6 Å². The second kappa shape index (κ2) is 2.24. The van der Waals surface area contributed by atoms with E-state index in [1.165, 1.54) is 0 Å². The number of fused-ring (bicyclic) bond motifs is 1. The summed E-state index contributed by atoms with van der Waals surface area (Å²) in [6.45, 7) is 2.00. The second-order valence-electron chi connectivity index (χ2n) is 2.49. The number of aromatic amines is 1. The van der Waals surface area contributed by atoms with Crippen LogP contribution in [0.5, 0.6) is 0 Å². The minimum absolute atomic E-state index is 0.725. The van der Waals surface area contributed by atoms with E-state index in [2.05, 4.69) is 9.97 Å². The highest BCUT2D eigenvalue weighted by Gasteiger charge is 2.02. The molecule has 11 heavy (non-hydrogen) atoms. The Morgan fingerprint density at radius 1 is 1.55 bits per heavy atom. The molecule has 0 amide bonds. The smallest absolute Gasteiger partial charge is 0.0923 e. The zero-order valence-electron chi connectivity index (χ0n) is 6.06. The number of nitrogens with one attached hydrogen (secondary N) is 1. The maximum atomic E-state index is 5.90. The predicted octanol–water partition coefficient (Wildman–Crippen LogP) is 2.52. The maximum absolute atomic E-state index is 5.90. The molecular weight excluding hydrogens is 160 g/mol. The summed E-state index contributed by atoms with van der Waals surface area (Å²) in [4.78, 5) is 7.25. The Morgan fingerprint density at radius 2 is 2.36 bits per heavy atom. The van der Waals surface area contributed by atoms with Crippen LogP contribution < -0.4 is 0 Å². The molecule has 0 spiro atoms. The first kappa shape index (κ1) is 6.68. The normalized spacial score (nSPS) is 10.7. The van der Waals surface area contributed by atoms with Gasteiger partial charge < -0.3 is 4.98 Å². The third-order valence-corrected chi connectivity index (χ3v) is 2.02. The summed E-state index contributed by atoms with van der Waals surface area (Å²) < 4.78 is 0. The van der Waals surface area contributed by atoms with Crippen molar-refractivity contribution in [2.75, 3.05) is 0 Å². The van der Waals surface area contributed by atoms with Crippen LogP contribution in [0, 0.1) is 6.92 Å². The fraction of sp³-hybridized carbons (Fsp3) is 0.125. The summed E-state index contributed by atoms with van der Waals surface area (Å²) in [6, 6.07) is 1.78. The van der Waals surface area contributed by atoms with E-state index in [1.54, 1.807) is 12.3 Å². The van der Waals surface area contributed by atoms with Crippen LogP contribution >= 0.6 is 11.6 Å². The molecule has 0 bridgehead atoms. The zero-order valence-corrected chi connectivity index (χ0v) is 6.81. The fourth-order valence-corrected chi connectivity index (χ4v) is 1.32. The van der Waals surface area contributed by atoms with Gasteiger partial charge in [0, 0.05) is 12.4 Å². The molecular formula is C8H7ClN2. The predicted molar refractivity (Wildman–Crippen MR) is 45.8 cm³/mol. The van der Waals surface area contributed by atoms with Gasteiger partial charge in [0.05, 0.1) is 16.1 Å². The Kier molecular flexibility index (Phi) is 1.36. The summed E-state index contributed by atoms with van der Waals surface area (Å²) in [7, 11) is 0. The van der Waals surface area contributed by atoms with Crippen LogP contribution in [-0.2, 0) is 0 Å². The first-order chi connectivity index (χ1) is 5.29. The van der Waals surface area contributed by atoms with Gasteiger partial charge in [0.2, 0.25) is 0 Å². The van der Waals surface area contributed by atoms with Crippen molar-refractivity contribution in [3.05, 3.63) is 29.0 Å². The molecule has 0 saturated carbocycles. The number of rotatable bonds is 0. The van der Waals surface area contributed by atoms with E-state index >= 15 is 0 Å². The summed E-state index contributed by atoms with van der Waals surface area (Å²) in [5.74, 6) is 0. The average molecular weight is 167 g/mol. The Hall–Kier alpha value is -1.02. The van der Waals surface area contributed by atoms with Crippen LogP contribution in [0.3, 0.4) is 0 Å². The molecule has 56 valence electrons. The van der Waals surface area contributed by atoms with Crippen molar-refractivity contribution >= 4 is 22.6 Å². The number of hydrogen-bond acceptors (Lipinski definition) is 1. The summed E-state index contributed by atoms with van der Waals surface area (Å²) in [5, 5.41) is 0.725. The van der Waals surface area contributed by atoms with Gasteiger partial charge in [-0.1, -0.05) is 11.6 Å². The van der Waals surface area contributed by atoms with E-state index in [4.69, 9.17) is 11.6 Å². The number of aromatic nitrogens is 2. The number of halogens is 1. The monoisotopic (exact) mass is 166 g/mol. The van der Waals surface area contributed by atoms with Crippen molar-refractivity contribution in [1.82, 2.24) is 9.97 Å². The Morgan fingerprint density at radius 3 is 3.09 bits per heavy atom. The number of aryl methyl sites for hydroxylation is 1. The molecule has 0 atom stereocenters. The Balaban J connectivity index is 2.94. The van der Waals surface area contributed by atoms with E-state index < -0.39 is 0 Å². The number of nitrogens with zero attached hydrogens (tertiary/aromatic N) is 1. The molecule has 2 heterocycles. The van der Waals surface area contributed by atoms with Crippen molar-refractivity contribution in [1.29, 1.82) is 0 Å². The van der Waals surface area contributed by atoms with Crippen LogP contribution in [0.4, 0.5) is 0 Å². The van der Waals surface area contributed by atoms with Crippen LogP contribution in [0.2, 0.25) is 5.02 Å². The minimum Gasteiger partial charge on any atom is -0.358 e. The maximum Gasteiger partial charge on any atom is 0.0923 e. The third kappa shape index (κ3) is 0.906. The van der Waals surface area contributed by atoms with Crippen molar-refractivity contribution in [3.63, 3.8) is 0 Å². The topological polar surface area (TPSA) is 28.7 Å². The van der Waals surface area contributed by atoms with Crippen LogP contribution in [0.25, 0.3) is 11.0 Å². The lowest BCUT2D eigenvalue weighted by molar-refractivity contribution is 1.39. The molecule has 0 aliphatic rings. The summed E-state index contributed by atoms with van der Waals surface area (Å²) in [6.07, 6.45) is 3.62. The van der Waals surface area contributed by atoms with Gasteiger partial charge in [-0.15, -0.1) is 0 Å². The molecule has 0 saturated heterocycles. The van der Waals surface area contributed by atoms with Crippen LogP contribution in [-0.4, -0.2) is 9.97 Å². The van der Waals surface area contributed by atoms with E-state index in [1.807, 2.05) is 13.1 Å². The van der Waals surface area contributed by atoms with Gasteiger partial charge in [0.15, 0.2) is 0 Å².